The molecule has 2 saturated heterocycles. The monoisotopic (exact) mass is 596 g/mol. The van der Waals surface area contributed by atoms with Crippen molar-refractivity contribution >= 4 is 5.91 Å². The first kappa shape index (κ1) is 34.4. The summed E-state index contributed by atoms with van der Waals surface area (Å²) in [6, 6.07) is -3.61. The van der Waals surface area contributed by atoms with Gasteiger partial charge in [0.2, 0.25) is 5.91 Å². The molecule has 17 heteroatoms. The Kier molecular flexibility index (Phi) is 13.5. The van der Waals surface area contributed by atoms with Gasteiger partial charge in [0.05, 0.1) is 30.8 Å². The highest BCUT2D eigenvalue weighted by atomic mass is 16.7. The molecule has 0 aromatic heterocycles. The SMILES string of the molecule is NC[C@H](O)C(=O)N[C@@H]1C[C@H](N)C(O[C@H]2O[C@H](CNCCCO)CC[C@H]2N)[C@H](O)[C@H]1O[C@H]1O[C@H](CO)[C@@H](O)[C@H](N)[C@H]1O. The third kappa shape index (κ3) is 8.71. The van der Waals surface area contributed by atoms with Crippen LogP contribution in [0, 0.1) is 0 Å². The van der Waals surface area contributed by atoms with Gasteiger partial charge in [0.15, 0.2) is 12.6 Å². The number of carbonyl (C=O) groups is 1. The molecule has 0 aromatic rings. The lowest BCUT2D eigenvalue weighted by atomic mass is 9.83. The fraction of sp³-hybridized carbons (Fsp3) is 0.958. The van der Waals surface area contributed by atoms with E-state index in [-0.39, 0.29) is 25.7 Å². The minimum Gasteiger partial charge on any atom is -0.396 e. The molecule has 0 radical (unpaired) electrons. The number of carbonyl (C=O) groups excluding carboxylic acids is 1. The molecule has 16 N–H and O–H groups in total. The largest absolute Gasteiger partial charge is 0.396 e. The molecule has 17 nitrogen and oxygen atoms in total. The number of hydrogen-bond donors (Lipinski definition) is 12. The predicted octanol–water partition coefficient (Wildman–Crippen LogP) is -6.78. The summed E-state index contributed by atoms with van der Waals surface area (Å²) in [5.74, 6) is -0.829. The van der Waals surface area contributed by atoms with E-state index < -0.39 is 92.0 Å². The maximum absolute atomic E-state index is 12.5. The van der Waals surface area contributed by atoms with Crippen molar-refractivity contribution in [2.24, 2.45) is 22.9 Å². The Balaban J connectivity index is 1.76. The lowest BCUT2D eigenvalue weighted by Gasteiger charge is -2.48. The Morgan fingerprint density at radius 3 is 2.32 bits per heavy atom. The molecule has 1 saturated carbocycles. The number of hydrogen-bond acceptors (Lipinski definition) is 16. The number of nitrogens with one attached hydrogen (secondary N) is 2. The molecular weight excluding hydrogens is 548 g/mol. The molecule has 240 valence electrons. The van der Waals surface area contributed by atoms with E-state index in [1.807, 2.05) is 0 Å². The Morgan fingerprint density at radius 1 is 0.951 bits per heavy atom. The molecule has 0 spiro atoms. The second-order valence-electron chi connectivity index (χ2n) is 10.9. The lowest BCUT2D eigenvalue weighted by Crippen LogP contribution is -2.69. The van der Waals surface area contributed by atoms with Crippen LogP contribution in [0.1, 0.15) is 25.7 Å². The van der Waals surface area contributed by atoms with Crippen molar-refractivity contribution in [3.05, 3.63) is 0 Å². The van der Waals surface area contributed by atoms with Gasteiger partial charge in [-0.1, -0.05) is 0 Å². The third-order valence-electron chi connectivity index (χ3n) is 7.77. The van der Waals surface area contributed by atoms with Crippen LogP contribution in [0.25, 0.3) is 0 Å². The van der Waals surface area contributed by atoms with Crippen LogP contribution in [0.5, 0.6) is 0 Å². The quantitative estimate of drug-likeness (QED) is 0.0879. The van der Waals surface area contributed by atoms with Gasteiger partial charge in [0.25, 0.3) is 0 Å². The average Bonchev–Trinajstić information content (AvgIpc) is 2.96. The van der Waals surface area contributed by atoms with E-state index in [0.717, 1.165) is 0 Å². The van der Waals surface area contributed by atoms with E-state index in [0.29, 0.717) is 32.4 Å². The molecule has 1 unspecified atom stereocenters. The molecular formula is C24H48N6O11. The minimum atomic E-state index is -1.56. The van der Waals surface area contributed by atoms with Crippen LogP contribution in [0.3, 0.4) is 0 Å². The highest BCUT2D eigenvalue weighted by Crippen LogP contribution is 2.31. The summed E-state index contributed by atoms with van der Waals surface area (Å²) in [5, 5.41) is 66.5. The van der Waals surface area contributed by atoms with Crippen LogP contribution in [0.15, 0.2) is 0 Å². The smallest absolute Gasteiger partial charge is 0.250 e. The van der Waals surface area contributed by atoms with Crippen molar-refractivity contribution in [3.63, 3.8) is 0 Å². The summed E-state index contributed by atoms with van der Waals surface area (Å²) < 4.78 is 23.6. The van der Waals surface area contributed by atoms with Gasteiger partial charge in [0, 0.05) is 25.7 Å². The maximum Gasteiger partial charge on any atom is 0.250 e. The molecule has 3 aliphatic rings. The zero-order chi connectivity index (χ0) is 30.3. The molecule has 0 aromatic carbocycles. The Hall–Kier alpha value is -1.13. The van der Waals surface area contributed by atoms with E-state index in [1.165, 1.54) is 0 Å². The van der Waals surface area contributed by atoms with Gasteiger partial charge >= 0.3 is 0 Å². The van der Waals surface area contributed by atoms with Gasteiger partial charge in [-0.3, -0.25) is 4.79 Å². The molecule has 3 fully saturated rings. The normalized spacial score (nSPS) is 42.5. The van der Waals surface area contributed by atoms with Gasteiger partial charge in [-0.05, 0) is 32.2 Å². The Bertz CT molecular complexity index is 803. The standard InChI is InChI=1S/C24H48N6O11/c25-7-14(33)22(37)30-13-6-12(27)20(40-23-11(26)3-2-10(38-23)8-29-4-1-5-31)19(36)21(13)41-24-18(35)16(28)17(34)15(9-32)39-24/h10-21,23-24,29,31-36H,1-9,25-28H2,(H,30,37)/t10-,11+,12-,13+,14-,15+,16-,17+,18+,19-,20?,21-,23+,24+/m0/s1. The molecule has 1 aliphatic carbocycles. The van der Waals surface area contributed by atoms with Crippen LogP contribution in [0.4, 0.5) is 0 Å². The summed E-state index contributed by atoms with van der Waals surface area (Å²) in [6.07, 6.45) is -10.4. The fourth-order valence-electron chi connectivity index (χ4n) is 5.28. The molecule has 2 aliphatic heterocycles. The number of rotatable bonds is 13. The lowest BCUT2D eigenvalue weighted by molar-refractivity contribution is -0.314. The molecule has 3 rings (SSSR count). The summed E-state index contributed by atoms with van der Waals surface area (Å²) in [5.41, 5.74) is 23.9. The van der Waals surface area contributed by atoms with Crippen LogP contribution < -0.4 is 33.6 Å². The van der Waals surface area contributed by atoms with Gasteiger partial charge in [-0.2, -0.15) is 0 Å². The highest BCUT2D eigenvalue weighted by molar-refractivity contribution is 5.81. The third-order valence-corrected chi connectivity index (χ3v) is 7.77. The average molecular weight is 597 g/mol. The molecule has 0 bridgehead atoms. The summed E-state index contributed by atoms with van der Waals surface area (Å²) in [7, 11) is 0. The molecule has 41 heavy (non-hydrogen) atoms. The highest BCUT2D eigenvalue weighted by Gasteiger charge is 2.51. The number of aliphatic hydroxyl groups is 6. The van der Waals surface area contributed by atoms with Crippen LogP contribution in [-0.4, -0.2) is 155 Å². The van der Waals surface area contributed by atoms with Crippen molar-refractivity contribution in [1.29, 1.82) is 0 Å². The number of aliphatic hydroxyl groups excluding tert-OH is 6. The maximum atomic E-state index is 12.5. The summed E-state index contributed by atoms with van der Waals surface area (Å²) in [4.78, 5) is 12.5. The van der Waals surface area contributed by atoms with Gasteiger partial charge in [-0.25, -0.2) is 0 Å². The summed E-state index contributed by atoms with van der Waals surface area (Å²) >= 11 is 0. The van der Waals surface area contributed by atoms with Gasteiger partial charge in [0.1, 0.15) is 42.7 Å². The van der Waals surface area contributed by atoms with Gasteiger partial charge < -0.3 is 83.2 Å². The van der Waals surface area contributed by atoms with Crippen LogP contribution >= 0.6 is 0 Å². The number of ether oxygens (including phenoxy) is 4. The van der Waals surface area contributed by atoms with E-state index in [2.05, 4.69) is 10.6 Å². The van der Waals surface area contributed by atoms with E-state index in [4.69, 9.17) is 47.0 Å². The van der Waals surface area contributed by atoms with Crippen molar-refractivity contribution < 1.29 is 54.4 Å². The van der Waals surface area contributed by atoms with Crippen molar-refractivity contribution in [3.8, 4) is 0 Å². The first-order valence-corrected chi connectivity index (χ1v) is 14.1. The second kappa shape index (κ2) is 16.1. The minimum absolute atomic E-state index is 0.00441. The first-order valence-electron chi connectivity index (χ1n) is 14.1. The van der Waals surface area contributed by atoms with Crippen molar-refractivity contribution in [2.45, 2.75) is 111 Å². The van der Waals surface area contributed by atoms with Crippen molar-refractivity contribution in [2.75, 3.05) is 32.8 Å². The molecule has 2 heterocycles. The zero-order valence-electron chi connectivity index (χ0n) is 23.0. The Labute approximate surface area is 238 Å². The van der Waals surface area contributed by atoms with E-state index >= 15 is 0 Å². The van der Waals surface area contributed by atoms with Gasteiger partial charge in [-0.15, -0.1) is 0 Å². The predicted molar refractivity (Wildman–Crippen MR) is 142 cm³/mol. The summed E-state index contributed by atoms with van der Waals surface area (Å²) in [6.45, 7) is 0.203. The fourth-order valence-corrected chi connectivity index (χ4v) is 5.28. The van der Waals surface area contributed by atoms with Crippen molar-refractivity contribution in [1.82, 2.24) is 10.6 Å². The Morgan fingerprint density at radius 2 is 1.66 bits per heavy atom. The van der Waals surface area contributed by atoms with E-state index in [1.54, 1.807) is 0 Å². The van der Waals surface area contributed by atoms with Crippen LogP contribution in [-0.2, 0) is 23.7 Å². The number of nitrogens with two attached hydrogens (primary N) is 4. The topological polar surface area (TPSA) is 304 Å². The first-order chi connectivity index (χ1) is 19.5. The second-order valence-corrected chi connectivity index (χ2v) is 10.9. The zero-order valence-corrected chi connectivity index (χ0v) is 23.0. The van der Waals surface area contributed by atoms with Crippen LogP contribution in [0.2, 0.25) is 0 Å². The van der Waals surface area contributed by atoms with E-state index in [9.17, 15) is 30.3 Å². The number of amides is 1. The molecule has 14 atom stereocenters. The molecule has 1 amide bonds.